The standard InChI is InChI=1S/C15H21ClO2/c1-10(7-8-16)5-6-12-11(2)14(18)13(17)9-15(12,3)4/h5-7,13,17H,8-9H2,1-4H3. The third-order valence-electron chi connectivity index (χ3n) is 3.42. The van der Waals surface area contributed by atoms with E-state index in [0.29, 0.717) is 17.9 Å². The van der Waals surface area contributed by atoms with Crippen LogP contribution in [0, 0.1) is 5.41 Å². The van der Waals surface area contributed by atoms with E-state index in [1.165, 1.54) is 0 Å². The summed E-state index contributed by atoms with van der Waals surface area (Å²) in [5, 5.41) is 9.73. The van der Waals surface area contributed by atoms with Gasteiger partial charge in [0.25, 0.3) is 0 Å². The number of aliphatic hydroxyl groups excluding tert-OH is 1. The first-order chi connectivity index (χ1) is 8.29. The number of rotatable bonds is 3. The molecule has 0 amide bonds. The zero-order chi connectivity index (χ0) is 13.9. The molecule has 0 heterocycles. The molecule has 0 aromatic heterocycles. The van der Waals surface area contributed by atoms with E-state index in [0.717, 1.165) is 11.1 Å². The molecule has 0 aromatic rings. The Morgan fingerprint density at radius 3 is 2.72 bits per heavy atom. The highest BCUT2D eigenvalue weighted by molar-refractivity contribution is 6.18. The van der Waals surface area contributed by atoms with E-state index in [9.17, 15) is 9.90 Å². The normalized spacial score (nSPS) is 25.1. The SMILES string of the molecule is CC(C=CC1=C(C)C(=O)C(O)CC1(C)C)=CCCl. The van der Waals surface area contributed by atoms with Gasteiger partial charge in [0.15, 0.2) is 5.78 Å². The Hall–Kier alpha value is -0.860. The first kappa shape index (κ1) is 15.2. The van der Waals surface area contributed by atoms with Crippen molar-refractivity contribution in [1.29, 1.82) is 0 Å². The summed E-state index contributed by atoms with van der Waals surface area (Å²) in [6, 6.07) is 0. The Morgan fingerprint density at radius 1 is 1.56 bits per heavy atom. The number of halogens is 1. The van der Waals surface area contributed by atoms with Crippen molar-refractivity contribution in [3.05, 3.63) is 34.9 Å². The van der Waals surface area contributed by atoms with Crippen molar-refractivity contribution in [3.63, 3.8) is 0 Å². The number of Topliss-reactive ketones (excluding diaryl/α,β-unsaturated/α-hetero) is 1. The van der Waals surface area contributed by atoms with Crippen LogP contribution in [-0.2, 0) is 4.79 Å². The van der Waals surface area contributed by atoms with Gasteiger partial charge in [0, 0.05) is 5.88 Å². The molecule has 0 bridgehead atoms. The van der Waals surface area contributed by atoms with Gasteiger partial charge in [-0.15, -0.1) is 11.6 Å². The summed E-state index contributed by atoms with van der Waals surface area (Å²) in [5.74, 6) is 0.322. The molecule has 0 aromatic carbocycles. The lowest BCUT2D eigenvalue weighted by Crippen LogP contribution is -2.35. The van der Waals surface area contributed by atoms with Gasteiger partial charge in [0.05, 0.1) is 0 Å². The molecule has 0 spiro atoms. The van der Waals surface area contributed by atoms with Crippen LogP contribution in [0.3, 0.4) is 0 Å². The summed E-state index contributed by atoms with van der Waals surface area (Å²) in [4.78, 5) is 11.8. The van der Waals surface area contributed by atoms with Crippen molar-refractivity contribution in [2.45, 2.75) is 40.2 Å². The Kier molecular flexibility index (Phi) is 4.94. The molecule has 1 atom stereocenters. The lowest BCUT2D eigenvalue weighted by atomic mass is 9.71. The third kappa shape index (κ3) is 3.33. The van der Waals surface area contributed by atoms with Crippen LogP contribution in [0.2, 0.25) is 0 Å². The number of ketones is 1. The Morgan fingerprint density at radius 2 is 2.17 bits per heavy atom. The summed E-state index contributed by atoms with van der Waals surface area (Å²) in [6.45, 7) is 7.85. The highest BCUT2D eigenvalue weighted by Crippen LogP contribution is 2.39. The zero-order valence-corrected chi connectivity index (χ0v) is 12.2. The number of hydrogen-bond acceptors (Lipinski definition) is 2. The monoisotopic (exact) mass is 268 g/mol. The molecule has 0 saturated carbocycles. The molecule has 3 heteroatoms. The van der Waals surface area contributed by atoms with Gasteiger partial charge in [-0.25, -0.2) is 0 Å². The van der Waals surface area contributed by atoms with Crippen LogP contribution >= 0.6 is 11.6 Å². The summed E-state index contributed by atoms with van der Waals surface area (Å²) in [6.07, 6.45) is 5.46. The van der Waals surface area contributed by atoms with E-state index < -0.39 is 6.10 Å². The molecule has 100 valence electrons. The average Bonchev–Trinajstić information content (AvgIpc) is 2.25. The smallest absolute Gasteiger partial charge is 0.187 e. The van der Waals surface area contributed by atoms with E-state index in [1.54, 1.807) is 6.92 Å². The second-order valence-corrected chi connectivity index (χ2v) is 5.75. The molecular weight excluding hydrogens is 248 g/mol. The van der Waals surface area contributed by atoms with Crippen LogP contribution in [0.15, 0.2) is 34.9 Å². The van der Waals surface area contributed by atoms with Crippen molar-refractivity contribution in [2.24, 2.45) is 5.41 Å². The molecule has 18 heavy (non-hydrogen) atoms. The molecule has 1 aliphatic carbocycles. The topological polar surface area (TPSA) is 37.3 Å². The Bertz CT molecular complexity index is 428. The van der Waals surface area contributed by atoms with E-state index in [4.69, 9.17) is 11.6 Å². The molecule has 0 fully saturated rings. The van der Waals surface area contributed by atoms with Crippen LogP contribution < -0.4 is 0 Å². The van der Waals surface area contributed by atoms with Crippen LogP contribution in [0.1, 0.15) is 34.1 Å². The molecule has 2 nitrogen and oxygen atoms in total. The second-order valence-electron chi connectivity index (χ2n) is 5.44. The van der Waals surface area contributed by atoms with Gasteiger partial charge >= 0.3 is 0 Å². The second kappa shape index (κ2) is 5.85. The van der Waals surface area contributed by atoms with E-state index in [1.807, 2.05) is 39.0 Å². The van der Waals surface area contributed by atoms with Gasteiger partial charge in [-0.1, -0.05) is 37.6 Å². The molecule has 0 radical (unpaired) electrons. The Balaban J connectivity index is 3.11. The van der Waals surface area contributed by atoms with Gasteiger partial charge in [0.1, 0.15) is 6.10 Å². The maximum Gasteiger partial charge on any atom is 0.187 e. The predicted octanol–water partition coefficient (Wildman–Crippen LogP) is 3.40. The van der Waals surface area contributed by atoms with Gasteiger partial charge in [0.2, 0.25) is 0 Å². The molecule has 1 unspecified atom stereocenters. The van der Waals surface area contributed by atoms with Crippen LogP contribution in [0.4, 0.5) is 0 Å². The van der Waals surface area contributed by atoms with Crippen molar-refractivity contribution < 1.29 is 9.90 Å². The number of allylic oxidation sites excluding steroid dienone is 5. The fraction of sp³-hybridized carbons (Fsp3) is 0.533. The third-order valence-corrected chi connectivity index (χ3v) is 3.58. The van der Waals surface area contributed by atoms with Gasteiger partial charge < -0.3 is 5.11 Å². The summed E-state index contributed by atoms with van der Waals surface area (Å²) >= 11 is 5.64. The molecule has 1 N–H and O–H groups in total. The van der Waals surface area contributed by atoms with Crippen molar-refractivity contribution in [1.82, 2.24) is 0 Å². The summed E-state index contributed by atoms with van der Waals surface area (Å²) in [7, 11) is 0. The Labute approximate surface area is 114 Å². The first-order valence-electron chi connectivity index (χ1n) is 6.14. The van der Waals surface area contributed by atoms with E-state index in [2.05, 4.69) is 0 Å². The van der Waals surface area contributed by atoms with Crippen LogP contribution in [0.25, 0.3) is 0 Å². The average molecular weight is 269 g/mol. The molecule has 1 aliphatic rings. The largest absolute Gasteiger partial charge is 0.385 e. The number of carbonyl (C=O) groups excluding carboxylic acids is 1. The minimum absolute atomic E-state index is 0.159. The lowest BCUT2D eigenvalue weighted by Gasteiger charge is -2.34. The van der Waals surface area contributed by atoms with Crippen LogP contribution in [0.5, 0.6) is 0 Å². The number of alkyl halides is 1. The summed E-state index contributed by atoms with van der Waals surface area (Å²) < 4.78 is 0. The van der Waals surface area contributed by atoms with E-state index >= 15 is 0 Å². The molecule has 0 saturated heterocycles. The van der Waals surface area contributed by atoms with Gasteiger partial charge in [-0.3, -0.25) is 4.79 Å². The van der Waals surface area contributed by atoms with E-state index in [-0.39, 0.29) is 11.2 Å². The highest BCUT2D eigenvalue weighted by Gasteiger charge is 2.36. The maximum atomic E-state index is 11.8. The van der Waals surface area contributed by atoms with Crippen molar-refractivity contribution >= 4 is 17.4 Å². The maximum absolute atomic E-state index is 11.8. The predicted molar refractivity (Wildman–Crippen MR) is 75.7 cm³/mol. The van der Waals surface area contributed by atoms with Gasteiger partial charge in [-0.2, -0.15) is 0 Å². The minimum atomic E-state index is -0.864. The number of carbonyl (C=O) groups is 1. The first-order valence-corrected chi connectivity index (χ1v) is 6.67. The van der Waals surface area contributed by atoms with Crippen molar-refractivity contribution in [2.75, 3.05) is 5.88 Å². The molecule has 1 rings (SSSR count). The number of aliphatic hydroxyl groups is 1. The highest BCUT2D eigenvalue weighted by atomic mass is 35.5. The van der Waals surface area contributed by atoms with Crippen LogP contribution in [-0.4, -0.2) is 22.9 Å². The summed E-state index contributed by atoms with van der Waals surface area (Å²) in [5.41, 5.74) is 2.54. The minimum Gasteiger partial charge on any atom is -0.385 e. The fourth-order valence-electron chi connectivity index (χ4n) is 2.33. The molecule has 0 aliphatic heterocycles. The quantitative estimate of drug-likeness (QED) is 0.629. The zero-order valence-electron chi connectivity index (χ0n) is 11.5. The lowest BCUT2D eigenvalue weighted by molar-refractivity contribution is -0.125. The fourth-order valence-corrected chi connectivity index (χ4v) is 2.57. The number of hydrogen-bond donors (Lipinski definition) is 1. The molecular formula is C15H21ClO2. The van der Waals surface area contributed by atoms with Gasteiger partial charge in [-0.05, 0) is 36.8 Å². The van der Waals surface area contributed by atoms with Crippen molar-refractivity contribution in [3.8, 4) is 0 Å².